The lowest BCUT2D eigenvalue weighted by molar-refractivity contribution is -0.385. The van der Waals surface area contributed by atoms with E-state index in [4.69, 9.17) is 9.47 Å². The van der Waals surface area contributed by atoms with Gasteiger partial charge >= 0.3 is 5.69 Å². The van der Waals surface area contributed by atoms with Gasteiger partial charge in [0.1, 0.15) is 11.8 Å². The van der Waals surface area contributed by atoms with Gasteiger partial charge in [-0.05, 0) is 42.7 Å². The molecule has 10 heteroatoms. The van der Waals surface area contributed by atoms with Gasteiger partial charge in [0.05, 0.1) is 12.0 Å². The molecule has 0 bridgehead atoms. The van der Waals surface area contributed by atoms with Crippen molar-refractivity contribution in [3.63, 3.8) is 0 Å². The Balaban J connectivity index is 1.92. The number of carbonyl (C=O) groups is 2. The van der Waals surface area contributed by atoms with Gasteiger partial charge in [0.25, 0.3) is 5.91 Å². The highest BCUT2D eigenvalue weighted by atomic mass is 79.9. The van der Waals surface area contributed by atoms with Crippen molar-refractivity contribution in [1.29, 1.82) is 0 Å². The standard InChI is InChI=1S/C29H32BrN3O6/c1-4-20(2)31-29(35)26(16-21-9-6-5-7-10-21)32(18-22-11-8-12-23(30)15-22)28(34)19-39-24-13-14-25(33(36)37)27(17-24)38-3/h5-15,17,20,26H,4,16,18-19H2,1-3H3,(H,31,35)/t20-,26-/m0/s1. The topological polar surface area (TPSA) is 111 Å². The second-order valence-electron chi connectivity index (χ2n) is 9.05. The number of hydrogen-bond donors (Lipinski definition) is 1. The van der Waals surface area contributed by atoms with Crippen LogP contribution in [0, 0.1) is 10.1 Å². The number of hydrogen-bond acceptors (Lipinski definition) is 6. The molecule has 9 nitrogen and oxygen atoms in total. The quantitative estimate of drug-likeness (QED) is 0.211. The molecule has 2 amide bonds. The van der Waals surface area contributed by atoms with Crippen molar-refractivity contribution in [2.24, 2.45) is 0 Å². The summed E-state index contributed by atoms with van der Waals surface area (Å²) in [6, 6.07) is 20.2. The van der Waals surface area contributed by atoms with Gasteiger partial charge in [-0.15, -0.1) is 0 Å². The number of nitrogens with zero attached hydrogens (tertiary/aromatic N) is 2. The molecule has 0 fully saturated rings. The zero-order chi connectivity index (χ0) is 28.4. The van der Waals surface area contributed by atoms with E-state index in [1.807, 2.05) is 68.4 Å². The Morgan fingerprint density at radius 3 is 2.41 bits per heavy atom. The molecule has 39 heavy (non-hydrogen) atoms. The van der Waals surface area contributed by atoms with Crippen LogP contribution in [-0.2, 0) is 22.6 Å². The van der Waals surface area contributed by atoms with Gasteiger partial charge in [-0.2, -0.15) is 0 Å². The van der Waals surface area contributed by atoms with Crippen LogP contribution in [0.25, 0.3) is 0 Å². The predicted molar refractivity (Wildman–Crippen MR) is 152 cm³/mol. The van der Waals surface area contributed by atoms with Crippen LogP contribution in [0.5, 0.6) is 11.5 Å². The molecule has 0 radical (unpaired) electrons. The molecule has 0 unspecified atom stereocenters. The fourth-order valence-corrected chi connectivity index (χ4v) is 4.40. The second kappa shape index (κ2) is 14.3. The molecule has 0 saturated carbocycles. The number of methoxy groups -OCH3 is 1. The van der Waals surface area contributed by atoms with Crippen LogP contribution in [-0.4, -0.2) is 47.4 Å². The summed E-state index contributed by atoms with van der Waals surface area (Å²) in [4.78, 5) is 39.4. The van der Waals surface area contributed by atoms with Crippen molar-refractivity contribution in [3.8, 4) is 11.5 Å². The highest BCUT2D eigenvalue weighted by molar-refractivity contribution is 9.10. The molecule has 1 N–H and O–H groups in total. The summed E-state index contributed by atoms with van der Waals surface area (Å²) < 4.78 is 11.7. The largest absolute Gasteiger partial charge is 0.490 e. The third-order valence-electron chi connectivity index (χ3n) is 6.22. The van der Waals surface area contributed by atoms with E-state index < -0.39 is 16.9 Å². The normalized spacial score (nSPS) is 12.2. The minimum atomic E-state index is -0.803. The van der Waals surface area contributed by atoms with Crippen molar-refractivity contribution < 1.29 is 24.0 Å². The fourth-order valence-electron chi connectivity index (χ4n) is 3.95. The molecule has 3 rings (SSSR count). The highest BCUT2D eigenvalue weighted by Gasteiger charge is 2.31. The van der Waals surface area contributed by atoms with Crippen LogP contribution in [0.4, 0.5) is 5.69 Å². The average molecular weight is 598 g/mol. The summed E-state index contributed by atoms with van der Waals surface area (Å²) in [6.07, 6.45) is 1.06. The van der Waals surface area contributed by atoms with Crippen LogP contribution in [0.3, 0.4) is 0 Å². The Morgan fingerprint density at radius 1 is 1.05 bits per heavy atom. The molecule has 0 aromatic heterocycles. The van der Waals surface area contributed by atoms with E-state index in [0.29, 0.717) is 6.42 Å². The van der Waals surface area contributed by atoms with Gasteiger partial charge < -0.3 is 19.7 Å². The first-order valence-electron chi connectivity index (χ1n) is 12.5. The number of nitrogens with one attached hydrogen (secondary N) is 1. The van der Waals surface area contributed by atoms with E-state index in [2.05, 4.69) is 21.2 Å². The van der Waals surface area contributed by atoms with Crippen LogP contribution < -0.4 is 14.8 Å². The van der Waals surface area contributed by atoms with Gasteiger partial charge in [0.2, 0.25) is 11.7 Å². The lowest BCUT2D eigenvalue weighted by atomic mass is 10.0. The minimum Gasteiger partial charge on any atom is -0.490 e. The van der Waals surface area contributed by atoms with E-state index in [9.17, 15) is 19.7 Å². The molecule has 2 atom stereocenters. The van der Waals surface area contributed by atoms with E-state index in [1.54, 1.807) is 0 Å². The maximum absolute atomic E-state index is 13.7. The monoisotopic (exact) mass is 597 g/mol. The smallest absolute Gasteiger partial charge is 0.311 e. The van der Waals surface area contributed by atoms with Crippen molar-refractivity contribution in [2.45, 2.75) is 45.3 Å². The third kappa shape index (κ3) is 8.54. The number of benzene rings is 3. The number of carbonyl (C=O) groups excluding carboxylic acids is 2. The van der Waals surface area contributed by atoms with Gasteiger partial charge in [-0.1, -0.05) is 65.3 Å². The summed E-state index contributed by atoms with van der Waals surface area (Å²) in [6.45, 7) is 3.70. The van der Waals surface area contributed by atoms with E-state index in [0.717, 1.165) is 22.0 Å². The zero-order valence-electron chi connectivity index (χ0n) is 22.1. The van der Waals surface area contributed by atoms with Crippen LogP contribution in [0.2, 0.25) is 0 Å². The summed E-state index contributed by atoms with van der Waals surface area (Å²) in [7, 11) is 1.32. The van der Waals surface area contributed by atoms with Gasteiger partial charge in [-0.3, -0.25) is 19.7 Å². The zero-order valence-corrected chi connectivity index (χ0v) is 23.7. The Labute approximate surface area is 236 Å². The molecule has 0 saturated heterocycles. The van der Waals surface area contributed by atoms with E-state index >= 15 is 0 Å². The predicted octanol–water partition coefficient (Wildman–Crippen LogP) is 5.30. The van der Waals surface area contributed by atoms with Crippen molar-refractivity contribution >= 4 is 33.4 Å². The number of halogens is 1. The Kier molecular flexibility index (Phi) is 10.9. The Bertz CT molecular complexity index is 1290. The van der Waals surface area contributed by atoms with Crippen LogP contribution in [0.1, 0.15) is 31.4 Å². The van der Waals surface area contributed by atoms with Crippen LogP contribution >= 0.6 is 15.9 Å². The summed E-state index contributed by atoms with van der Waals surface area (Å²) in [5.74, 6) is -0.413. The number of ether oxygens (including phenoxy) is 2. The van der Waals surface area contributed by atoms with E-state index in [-0.39, 0.29) is 42.3 Å². The van der Waals surface area contributed by atoms with Gasteiger partial charge in [0, 0.05) is 35.6 Å². The average Bonchev–Trinajstić information content (AvgIpc) is 2.93. The Morgan fingerprint density at radius 2 is 1.77 bits per heavy atom. The lowest BCUT2D eigenvalue weighted by Gasteiger charge is -2.32. The molecule has 0 aliphatic rings. The number of amides is 2. The minimum absolute atomic E-state index is 0.0193. The SMILES string of the molecule is CC[C@H](C)NC(=O)[C@H](Cc1ccccc1)N(Cc1cccc(Br)c1)C(=O)COc1ccc([N+](=O)[O-])c(OC)c1. The number of nitro benzene ring substituents is 1. The first-order chi connectivity index (χ1) is 18.7. The molecular formula is C29H32BrN3O6. The molecule has 3 aromatic carbocycles. The molecule has 0 spiro atoms. The maximum atomic E-state index is 13.7. The lowest BCUT2D eigenvalue weighted by Crippen LogP contribution is -2.53. The van der Waals surface area contributed by atoms with Crippen molar-refractivity contribution in [3.05, 3.63) is 98.5 Å². The fraction of sp³-hybridized carbons (Fsp3) is 0.310. The molecular weight excluding hydrogens is 566 g/mol. The highest BCUT2D eigenvalue weighted by Crippen LogP contribution is 2.31. The summed E-state index contributed by atoms with van der Waals surface area (Å²) in [5, 5.41) is 14.2. The molecule has 206 valence electrons. The van der Waals surface area contributed by atoms with Gasteiger partial charge in [-0.25, -0.2) is 0 Å². The third-order valence-corrected chi connectivity index (χ3v) is 6.72. The molecule has 0 aliphatic carbocycles. The Hall–Kier alpha value is -3.92. The molecule has 3 aromatic rings. The van der Waals surface area contributed by atoms with Crippen LogP contribution in [0.15, 0.2) is 77.3 Å². The first kappa shape index (κ1) is 29.6. The number of nitro groups is 1. The second-order valence-corrected chi connectivity index (χ2v) is 9.97. The summed E-state index contributed by atoms with van der Waals surface area (Å²) >= 11 is 3.47. The summed E-state index contributed by atoms with van der Waals surface area (Å²) in [5.41, 5.74) is 1.54. The van der Waals surface area contributed by atoms with E-state index in [1.165, 1.54) is 30.2 Å². The molecule has 0 heterocycles. The molecule has 0 aliphatic heterocycles. The number of rotatable bonds is 13. The van der Waals surface area contributed by atoms with Gasteiger partial charge in [0.15, 0.2) is 6.61 Å². The first-order valence-corrected chi connectivity index (χ1v) is 13.3. The van der Waals surface area contributed by atoms with Crippen molar-refractivity contribution in [2.75, 3.05) is 13.7 Å². The van der Waals surface area contributed by atoms with Crippen molar-refractivity contribution in [1.82, 2.24) is 10.2 Å². The maximum Gasteiger partial charge on any atom is 0.311 e.